The van der Waals surface area contributed by atoms with Gasteiger partial charge >= 0.3 is 0 Å². The summed E-state index contributed by atoms with van der Waals surface area (Å²) in [5.74, 6) is -0.152. The van der Waals surface area contributed by atoms with Gasteiger partial charge in [0.05, 0.1) is 0 Å². The molecule has 0 saturated heterocycles. The molecular weight excluding hydrogens is 186 g/mol. The van der Waals surface area contributed by atoms with Crippen molar-refractivity contribution in [3.63, 3.8) is 0 Å². The van der Waals surface area contributed by atoms with E-state index in [0.717, 1.165) is 16.4 Å². The molecule has 13 heavy (non-hydrogen) atoms. The van der Waals surface area contributed by atoms with Crippen LogP contribution in [0.25, 0.3) is 0 Å². The fourth-order valence-corrected chi connectivity index (χ4v) is 1.51. The molecule has 5 heteroatoms. The van der Waals surface area contributed by atoms with Crippen molar-refractivity contribution in [2.75, 3.05) is 6.54 Å². The molecular formula is C8H11N3OS. The average molecular weight is 197 g/mol. The molecule has 0 fully saturated rings. The summed E-state index contributed by atoms with van der Waals surface area (Å²) in [7, 11) is 0. The second-order valence-electron chi connectivity index (χ2n) is 2.46. The van der Waals surface area contributed by atoms with E-state index in [1.165, 1.54) is 6.08 Å². The van der Waals surface area contributed by atoms with Gasteiger partial charge in [-0.1, -0.05) is 6.58 Å². The SMILES string of the molecule is C=CC(=O)NCCc1nnc(C)s1. The number of hydrogen-bond donors (Lipinski definition) is 1. The summed E-state index contributed by atoms with van der Waals surface area (Å²) in [5, 5.41) is 12.4. The van der Waals surface area contributed by atoms with Crippen molar-refractivity contribution in [1.82, 2.24) is 15.5 Å². The molecule has 1 heterocycles. The van der Waals surface area contributed by atoms with E-state index >= 15 is 0 Å². The topological polar surface area (TPSA) is 54.9 Å². The zero-order valence-electron chi connectivity index (χ0n) is 7.41. The number of carbonyl (C=O) groups excluding carboxylic acids is 1. The van der Waals surface area contributed by atoms with Crippen molar-refractivity contribution in [1.29, 1.82) is 0 Å². The molecule has 1 amide bonds. The molecule has 0 aliphatic rings. The molecule has 0 atom stereocenters. The number of carbonyl (C=O) groups is 1. The van der Waals surface area contributed by atoms with E-state index in [1.807, 2.05) is 6.92 Å². The Labute approximate surface area is 80.7 Å². The highest BCUT2D eigenvalue weighted by Gasteiger charge is 2.00. The normalized spacial score (nSPS) is 9.62. The monoisotopic (exact) mass is 197 g/mol. The number of hydrogen-bond acceptors (Lipinski definition) is 4. The standard InChI is InChI=1S/C8H11N3OS/c1-3-7(12)9-5-4-8-11-10-6(2)13-8/h3H,1,4-5H2,2H3,(H,9,12). The fourth-order valence-electron chi connectivity index (χ4n) is 0.803. The van der Waals surface area contributed by atoms with Gasteiger partial charge in [-0.05, 0) is 13.0 Å². The van der Waals surface area contributed by atoms with Crippen LogP contribution in [0.15, 0.2) is 12.7 Å². The summed E-state index contributed by atoms with van der Waals surface area (Å²) in [6.07, 6.45) is 1.98. The maximum atomic E-state index is 10.7. The predicted molar refractivity (Wildman–Crippen MR) is 51.6 cm³/mol. The lowest BCUT2D eigenvalue weighted by molar-refractivity contribution is -0.116. The minimum Gasteiger partial charge on any atom is -0.352 e. The summed E-state index contributed by atoms with van der Waals surface area (Å²) in [4.78, 5) is 10.7. The summed E-state index contributed by atoms with van der Waals surface area (Å²) in [6.45, 7) is 5.84. The maximum Gasteiger partial charge on any atom is 0.243 e. The first-order chi connectivity index (χ1) is 6.22. The van der Waals surface area contributed by atoms with Crippen LogP contribution < -0.4 is 5.32 Å². The minimum atomic E-state index is -0.152. The van der Waals surface area contributed by atoms with Crippen LogP contribution in [0.3, 0.4) is 0 Å². The number of aryl methyl sites for hydroxylation is 1. The van der Waals surface area contributed by atoms with Crippen LogP contribution in [-0.2, 0) is 11.2 Å². The van der Waals surface area contributed by atoms with Crippen LogP contribution >= 0.6 is 11.3 Å². The van der Waals surface area contributed by atoms with E-state index < -0.39 is 0 Å². The third-order valence-corrected chi connectivity index (χ3v) is 2.29. The van der Waals surface area contributed by atoms with E-state index in [9.17, 15) is 4.79 Å². The van der Waals surface area contributed by atoms with Gasteiger partial charge in [0, 0.05) is 13.0 Å². The molecule has 70 valence electrons. The van der Waals surface area contributed by atoms with Gasteiger partial charge in [-0.25, -0.2) is 0 Å². The molecule has 0 saturated carbocycles. The summed E-state index contributed by atoms with van der Waals surface area (Å²) in [6, 6.07) is 0. The Kier molecular flexibility index (Phi) is 3.57. The Morgan fingerprint density at radius 2 is 2.46 bits per heavy atom. The lowest BCUT2D eigenvalue weighted by Crippen LogP contribution is -2.23. The van der Waals surface area contributed by atoms with Crippen LogP contribution in [0.5, 0.6) is 0 Å². The fraction of sp³-hybridized carbons (Fsp3) is 0.375. The molecule has 0 aliphatic carbocycles. The molecule has 0 bridgehead atoms. The Bertz CT molecular complexity index is 308. The lowest BCUT2D eigenvalue weighted by Gasteiger charge is -1.97. The quantitative estimate of drug-likeness (QED) is 0.722. The molecule has 0 aromatic carbocycles. The smallest absolute Gasteiger partial charge is 0.243 e. The van der Waals surface area contributed by atoms with Gasteiger partial charge in [0.25, 0.3) is 0 Å². The number of nitrogens with zero attached hydrogens (tertiary/aromatic N) is 2. The molecule has 0 radical (unpaired) electrons. The Hall–Kier alpha value is -1.23. The van der Waals surface area contributed by atoms with Crippen molar-refractivity contribution in [3.8, 4) is 0 Å². The largest absolute Gasteiger partial charge is 0.352 e. The van der Waals surface area contributed by atoms with Gasteiger partial charge in [-0.15, -0.1) is 21.5 Å². The Balaban J connectivity index is 2.27. The van der Waals surface area contributed by atoms with Crippen LogP contribution in [0.4, 0.5) is 0 Å². The molecule has 1 aromatic heterocycles. The van der Waals surface area contributed by atoms with Crippen LogP contribution in [-0.4, -0.2) is 22.6 Å². The molecule has 1 rings (SSSR count). The van der Waals surface area contributed by atoms with Crippen molar-refractivity contribution < 1.29 is 4.79 Å². The summed E-state index contributed by atoms with van der Waals surface area (Å²) in [5.41, 5.74) is 0. The highest BCUT2D eigenvalue weighted by atomic mass is 32.1. The van der Waals surface area contributed by atoms with Crippen molar-refractivity contribution in [2.24, 2.45) is 0 Å². The van der Waals surface area contributed by atoms with Gasteiger partial charge in [0.1, 0.15) is 10.0 Å². The van der Waals surface area contributed by atoms with E-state index in [2.05, 4.69) is 22.1 Å². The predicted octanol–water partition coefficient (Wildman–Crippen LogP) is 0.691. The number of amides is 1. The van der Waals surface area contributed by atoms with Crippen LogP contribution in [0, 0.1) is 6.92 Å². The first-order valence-corrected chi connectivity index (χ1v) is 4.73. The molecule has 0 aliphatic heterocycles. The van der Waals surface area contributed by atoms with Crippen LogP contribution in [0.1, 0.15) is 10.0 Å². The van der Waals surface area contributed by atoms with Gasteiger partial charge in [0.15, 0.2) is 0 Å². The van der Waals surface area contributed by atoms with E-state index in [1.54, 1.807) is 11.3 Å². The lowest BCUT2D eigenvalue weighted by atomic mass is 10.4. The first-order valence-electron chi connectivity index (χ1n) is 3.91. The van der Waals surface area contributed by atoms with Gasteiger partial charge < -0.3 is 5.32 Å². The zero-order chi connectivity index (χ0) is 9.68. The third-order valence-electron chi connectivity index (χ3n) is 1.39. The molecule has 0 unspecified atom stereocenters. The summed E-state index contributed by atoms with van der Waals surface area (Å²) >= 11 is 1.55. The second-order valence-corrected chi connectivity index (χ2v) is 3.73. The Morgan fingerprint density at radius 3 is 3.00 bits per heavy atom. The highest BCUT2D eigenvalue weighted by Crippen LogP contribution is 2.07. The molecule has 1 aromatic rings. The average Bonchev–Trinajstić information content (AvgIpc) is 2.51. The van der Waals surface area contributed by atoms with Crippen LogP contribution in [0.2, 0.25) is 0 Å². The van der Waals surface area contributed by atoms with E-state index in [0.29, 0.717) is 6.54 Å². The zero-order valence-corrected chi connectivity index (χ0v) is 8.23. The maximum absolute atomic E-state index is 10.7. The van der Waals surface area contributed by atoms with E-state index in [-0.39, 0.29) is 5.91 Å². The summed E-state index contributed by atoms with van der Waals surface area (Å²) < 4.78 is 0. The second kappa shape index (κ2) is 4.71. The minimum absolute atomic E-state index is 0.152. The molecule has 1 N–H and O–H groups in total. The first kappa shape index (κ1) is 9.85. The number of nitrogens with one attached hydrogen (secondary N) is 1. The van der Waals surface area contributed by atoms with E-state index in [4.69, 9.17) is 0 Å². The number of aromatic nitrogens is 2. The number of rotatable bonds is 4. The van der Waals surface area contributed by atoms with Crippen molar-refractivity contribution in [3.05, 3.63) is 22.7 Å². The van der Waals surface area contributed by atoms with Gasteiger partial charge in [-0.3, -0.25) is 4.79 Å². The highest BCUT2D eigenvalue weighted by molar-refractivity contribution is 7.11. The molecule has 0 spiro atoms. The molecule has 4 nitrogen and oxygen atoms in total. The van der Waals surface area contributed by atoms with Crippen molar-refractivity contribution >= 4 is 17.2 Å². The van der Waals surface area contributed by atoms with Gasteiger partial charge in [-0.2, -0.15) is 0 Å². The van der Waals surface area contributed by atoms with Gasteiger partial charge in [0.2, 0.25) is 5.91 Å². The van der Waals surface area contributed by atoms with Crippen molar-refractivity contribution in [2.45, 2.75) is 13.3 Å². The third kappa shape index (κ3) is 3.33. The Morgan fingerprint density at radius 1 is 1.69 bits per heavy atom.